The topological polar surface area (TPSA) is 61.0 Å². The molecule has 0 bridgehead atoms. The van der Waals surface area contributed by atoms with Crippen molar-refractivity contribution in [3.63, 3.8) is 0 Å². The van der Waals surface area contributed by atoms with Gasteiger partial charge in [-0.05, 0) is 19.2 Å². The maximum atomic E-state index is 5.46. The molecule has 72 valence electrons. The Hall–Kier alpha value is -0.810. The molecule has 0 saturated carbocycles. The lowest BCUT2D eigenvalue weighted by Gasteiger charge is -2.05. The fourth-order valence-electron chi connectivity index (χ4n) is 0.978. The second-order valence-electron chi connectivity index (χ2n) is 2.43. The molecular weight excluding hydrogens is 186 g/mol. The zero-order chi connectivity index (χ0) is 9.68. The molecule has 0 saturated heterocycles. The molecule has 13 heavy (non-hydrogen) atoms. The smallest absolute Gasteiger partial charge is 0.317 e. The van der Waals surface area contributed by atoms with Crippen LogP contribution in [-0.4, -0.2) is 29.9 Å². The average Bonchev–Trinajstić information content (AvgIpc) is 2.19. The van der Waals surface area contributed by atoms with Gasteiger partial charge in [-0.3, -0.25) is 0 Å². The van der Waals surface area contributed by atoms with Crippen LogP contribution in [0.3, 0.4) is 0 Å². The second kappa shape index (κ2) is 5.04. The number of rotatable bonds is 4. The number of hydrogen-bond donors (Lipinski definition) is 1. The van der Waals surface area contributed by atoms with Crippen molar-refractivity contribution in [1.82, 2.24) is 9.97 Å². The van der Waals surface area contributed by atoms with E-state index in [-0.39, 0.29) is 0 Å². The molecule has 0 unspecified atom stereocenters. The van der Waals surface area contributed by atoms with Gasteiger partial charge in [0.15, 0.2) is 0 Å². The van der Waals surface area contributed by atoms with Gasteiger partial charge in [0.1, 0.15) is 5.03 Å². The molecule has 1 aromatic heterocycles. The summed E-state index contributed by atoms with van der Waals surface area (Å²) in [6.07, 6.45) is 4.55. The number of nitrogens with zero attached hydrogens (tertiary/aromatic N) is 2. The molecule has 0 aromatic carbocycles. The van der Waals surface area contributed by atoms with Crippen molar-refractivity contribution in [2.45, 2.75) is 11.4 Å². The summed E-state index contributed by atoms with van der Waals surface area (Å²) in [5.74, 6) is 0. The van der Waals surface area contributed by atoms with Crippen molar-refractivity contribution in [2.75, 3.05) is 19.9 Å². The highest BCUT2D eigenvalue weighted by molar-refractivity contribution is 7.98. The Morgan fingerprint density at radius 2 is 2.38 bits per heavy atom. The van der Waals surface area contributed by atoms with Crippen LogP contribution in [-0.2, 0) is 6.42 Å². The molecule has 1 heterocycles. The van der Waals surface area contributed by atoms with Crippen LogP contribution in [0.4, 0.5) is 0 Å². The van der Waals surface area contributed by atoms with Crippen LogP contribution in [0.5, 0.6) is 6.01 Å². The summed E-state index contributed by atoms with van der Waals surface area (Å²) >= 11 is 1.58. The standard InChI is InChI=1S/C8H13N3OS/c1-12-8-10-5-6(3-4-9)7(11-8)13-2/h5H,3-4,9H2,1-2H3. The molecule has 1 rings (SSSR count). The zero-order valence-corrected chi connectivity index (χ0v) is 8.60. The Bertz CT molecular complexity index is 280. The quantitative estimate of drug-likeness (QED) is 0.571. The number of nitrogens with two attached hydrogens (primary N) is 1. The van der Waals surface area contributed by atoms with Crippen LogP contribution in [0, 0.1) is 0 Å². The summed E-state index contributed by atoms with van der Waals surface area (Å²) in [5, 5.41) is 0.942. The Labute approximate surface area is 81.9 Å². The molecule has 0 aliphatic carbocycles. The third kappa shape index (κ3) is 2.57. The fourth-order valence-corrected chi connectivity index (χ4v) is 1.56. The van der Waals surface area contributed by atoms with Crippen LogP contribution in [0.1, 0.15) is 5.56 Å². The Balaban J connectivity index is 2.93. The molecule has 4 nitrogen and oxygen atoms in total. The van der Waals surface area contributed by atoms with E-state index in [1.165, 1.54) is 0 Å². The van der Waals surface area contributed by atoms with E-state index in [0.29, 0.717) is 12.6 Å². The lowest BCUT2D eigenvalue weighted by atomic mass is 10.2. The second-order valence-corrected chi connectivity index (χ2v) is 3.22. The third-order valence-electron chi connectivity index (χ3n) is 1.59. The molecule has 0 radical (unpaired) electrons. The summed E-state index contributed by atoms with van der Waals surface area (Å²) in [6, 6.07) is 0.408. The van der Waals surface area contributed by atoms with Crippen LogP contribution in [0.25, 0.3) is 0 Å². The van der Waals surface area contributed by atoms with Gasteiger partial charge in [0.05, 0.1) is 7.11 Å². The van der Waals surface area contributed by atoms with Gasteiger partial charge in [-0.15, -0.1) is 11.8 Å². The highest BCUT2D eigenvalue weighted by Crippen LogP contribution is 2.19. The van der Waals surface area contributed by atoms with E-state index in [1.807, 2.05) is 6.26 Å². The predicted molar refractivity (Wildman–Crippen MR) is 53.1 cm³/mol. The molecule has 0 aliphatic heterocycles. The van der Waals surface area contributed by atoms with Gasteiger partial charge >= 0.3 is 6.01 Å². The van der Waals surface area contributed by atoms with Gasteiger partial charge in [-0.1, -0.05) is 0 Å². The van der Waals surface area contributed by atoms with E-state index >= 15 is 0 Å². The highest BCUT2D eigenvalue weighted by Gasteiger charge is 2.05. The number of hydrogen-bond acceptors (Lipinski definition) is 5. The van der Waals surface area contributed by atoms with Crippen molar-refractivity contribution < 1.29 is 4.74 Å². The van der Waals surface area contributed by atoms with Gasteiger partial charge in [0.2, 0.25) is 0 Å². The van der Waals surface area contributed by atoms with Gasteiger partial charge in [0.25, 0.3) is 0 Å². The highest BCUT2D eigenvalue weighted by atomic mass is 32.2. The van der Waals surface area contributed by atoms with E-state index < -0.39 is 0 Å². The normalized spacial score (nSPS) is 10.1. The van der Waals surface area contributed by atoms with Crippen molar-refractivity contribution in [1.29, 1.82) is 0 Å². The maximum Gasteiger partial charge on any atom is 0.317 e. The summed E-state index contributed by atoms with van der Waals surface area (Å²) < 4.78 is 4.92. The van der Waals surface area contributed by atoms with Gasteiger partial charge in [-0.25, -0.2) is 4.98 Å². The molecule has 0 atom stereocenters. The minimum absolute atomic E-state index is 0.408. The van der Waals surface area contributed by atoms with Crippen LogP contribution < -0.4 is 10.5 Å². The molecule has 5 heteroatoms. The number of ether oxygens (including phenoxy) is 1. The first kappa shape index (κ1) is 10.3. The summed E-state index contributed by atoms with van der Waals surface area (Å²) in [4.78, 5) is 8.22. The number of thioether (sulfide) groups is 1. The predicted octanol–water partition coefficient (Wildman–Crippen LogP) is 0.708. The first-order valence-corrected chi connectivity index (χ1v) is 5.18. The fraction of sp³-hybridized carbons (Fsp3) is 0.500. The van der Waals surface area contributed by atoms with Crippen LogP contribution >= 0.6 is 11.8 Å². The molecule has 0 amide bonds. The van der Waals surface area contributed by atoms with E-state index in [4.69, 9.17) is 10.5 Å². The molecule has 0 aliphatic rings. The Morgan fingerprint density at radius 1 is 1.62 bits per heavy atom. The van der Waals surface area contributed by atoms with Crippen molar-refractivity contribution in [3.8, 4) is 6.01 Å². The number of aromatic nitrogens is 2. The maximum absolute atomic E-state index is 5.46. The van der Waals surface area contributed by atoms with Crippen molar-refractivity contribution in [2.24, 2.45) is 5.73 Å². The van der Waals surface area contributed by atoms with Crippen molar-refractivity contribution in [3.05, 3.63) is 11.8 Å². The number of methoxy groups -OCH3 is 1. The molecular formula is C8H13N3OS. The zero-order valence-electron chi connectivity index (χ0n) is 7.78. The SMILES string of the molecule is COc1ncc(CCN)c(SC)n1. The lowest BCUT2D eigenvalue weighted by Crippen LogP contribution is -2.06. The largest absolute Gasteiger partial charge is 0.467 e. The minimum atomic E-state index is 0.408. The van der Waals surface area contributed by atoms with Gasteiger partial charge in [0, 0.05) is 11.8 Å². The Kier molecular flexibility index (Phi) is 3.98. The molecule has 0 spiro atoms. The third-order valence-corrected chi connectivity index (χ3v) is 2.33. The summed E-state index contributed by atoms with van der Waals surface area (Å²) in [6.45, 7) is 0.614. The van der Waals surface area contributed by atoms with Crippen molar-refractivity contribution >= 4 is 11.8 Å². The summed E-state index contributed by atoms with van der Waals surface area (Å²) in [7, 11) is 1.56. The lowest BCUT2D eigenvalue weighted by molar-refractivity contribution is 0.375. The first-order valence-electron chi connectivity index (χ1n) is 3.95. The van der Waals surface area contributed by atoms with Crippen LogP contribution in [0.15, 0.2) is 11.2 Å². The Morgan fingerprint density at radius 3 is 2.92 bits per heavy atom. The van der Waals surface area contributed by atoms with E-state index in [2.05, 4.69) is 9.97 Å². The molecule has 2 N–H and O–H groups in total. The monoisotopic (exact) mass is 199 g/mol. The molecule has 0 fully saturated rings. The average molecular weight is 199 g/mol. The van der Waals surface area contributed by atoms with E-state index in [9.17, 15) is 0 Å². The molecule has 1 aromatic rings. The first-order chi connectivity index (χ1) is 6.31. The van der Waals surface area contributed by atoms with E-state index in [1.54, 1.807) is 25.1 Å². The van der Waals surface area contributed by atoms with Gasteiger partial charge in [-0.2, -0.15) is 4.98 Å². The minimum Gasteiger partial charge on any atom is -0.467 e. The van der Waals surface area contributed by atoms with E-state index in [0.717, 1.165) is 17.0 Å². The summed E-state index contributed by atoms with van der Waals surface area (Å²) in [5.41, 5.74) is 6.54. The van der Waals surface area contributed by atoms with Crippen LogP contribution in [0.2, 0.25) is 0 Å². The van der Waals surface area contributed by atoms with Gasteiger partial charge < -0.3 is 10.5 Å².